The predicted octanol–water partition coefficient (Wildman–Crippen LogP) is 2.94. The SMILES string of the molecule is COC(=O)c1ccc(C(=O)OC)c(NS(=O)(=O)c2ccc3c(c2)CCCC3)c1. The number of carbonyl (C=O) groups excluding carboxylic acids is 2. The molecule has 0 amide bonds. The van der Waals surface area contributed by atoms with Gasteiger partial charge in [-0.25, -0.2) is 18.0 Å². The van der Waals surface area contributed by atoms with Crippen molar-refractivity contribution in [2.45, 2.75) is 30.6 Å². The van der Waals surface area contributed by atoms with Gasteiger partial charge in [-0.1, -0.05) is 6.07 Å². The highest BCUT2D eigenvalue weighted by Crippen LogP contribution is 2.27. The van der Waals surface area contributed by atoms with Gasteiger partial charge >= 0.3 is 11.9 Å². The number of hydrogen-bond donors (Lipinski definition) is 1. The summed E-state index contributed by atoms with van der Waals surface area (Å²) in [7, 11) is -1.56. The minimum Gasteiger partial charge on any atom is -0.465 e. The van der Waals surface area contributed by atoms with Crippen molar-refractivity contribution >= 4 is 27.6 Å². The Morgan fingerprint density at radius 2 is 1.57 bits per heavy atom. The highest BCUT2D eigenvalue weighted by atomic mass is 32.2. The van der Waals surface area contributed by atoms with Gasteiger partial charge < -0.3 is 9.47 Å². The van der Waals surface area contributed by atoms with Crippen molar-refractivity contribution in [2.75, 3.05) is 18.9 Å². The fraction of sp³-hybridized carbons (Fsp3) is 0.300. The van der Waals surface area contributed by atoms with Crippen LogP contribution >= 0.6 is 0 Å². The Bertz CT molecular complexity index is 1030. The van der Waals surface area contributed by atoms with Crippen LogP contribution in [0.3, 0.4) is 0 Å². The van der Waals surface area contributed by atoms with E-state index in [1.807, 2.05) is 6.07 Å². The highest BCUT2D eigenvalue weighted by molar-refractivity contribution is 7.92. The zero-order chi connectivity index (χ0) is 20.3. The van der Waals surface area contributed by atoms with E-state index in [4.69, 9.17) is 4.74 Å². The summed E-state index contributed by atoms with van der Waals surface area (Å²) in [4.78, 5) is 23.9. The molecular weight excluding hydrogens is 382 g/mol. The summed E-state index contributed by atoms with van der Waals surface area (Å²) in [5, 5.41) is 0. The number of sulfonamides is 1. The van der Waals surface area contributed by atoms with Gasteiger partial charge in [0.25, 0.3) is 10.0 Å². The van der Waals surface area contributed by atoms with Crippen LogP contribution in [0.2, 0.25) is 0 Å². The molecule has 0 radical (unpaired) electrons. The number of hydrogen-bond acceptors (Lipinski definition) is 6. The lowest BCUT2D eigenvalue weighted by Crippen LogP contribution is -2.18. The molecule has 1 aliphatic carbocycles. The summed E-state index contributed by atoms with van der Waals surface area (Å²) < 4.78 is 37.6. The molecule has 2 aromatic carbocycles. The van der Waals surface area contributed by atoms with Crippen molar-refractivity contribution in [3.05, 3.63) is 58.7 Å². The Kier molecular flexibility index (Phi) is 5.69. The largest absolute Gasteiger partial charge is 0.465 e. The molecule has 0 saturated heterocycles. The maximum absolute atomic E-state index is 12.9. The smallest absolute Gasteiger partial charge is 0.339 e. The molecule has 0 heterocycles. The van der Waals surface area contributed by atoms with Crippen LogP contribution in [0.15, 0.2) is 41.3 Å². The van der Waals surface area contributed by atoms with Crippen LogP contribution in [-0.2, 0) is 32.3 Å². The van der Waals surface area contributed by atoms with E-state index in [0.29, 0.717) is 0 Å². The molecule has 1 N–H and O–H groups in total. The maximum atomic E-state index is 12.9. The van der Waals surface area contributed by atoms with Crippen LogP contribution in [0.1, 0.15) is 44.7 Å². The molecule has 0 aliphatic heterocycles. The number of anilines is 1. The van der Waals surface area contributed by atoms with Crippen molar-refractivity contribution in [3.63, 3.8) is 0 Å². The lowest BCUT2D eigenvalue weighted by Gasteiger charge is -2.17. The third-order valence-corrected chi connectivity index (χ3v) is 6.08. The normalized spacial score (nSPS) is 13.4. The molecule has 0 spiro atoms. The minimum absolute atomic E-state index is 0.00307. The van der Waals surface area contributed by atoms with E-state index < -0.39 is 22.0 Å². The molecule has 0 unspecified atom stereocenters. The lowest BCUT2D eigenvalue weighted by molar-refractivity contribution is 0.0587. The molecule has 0 atom stereocenters. The summed E-state index contributed by atoms with van der Waals surface area (Å²) in [6.45, 7) is 0. The van der Waals surface area contributed by atoms with E-state index in [1.165, 1.54) is 32.4 Å². The van der Waals surface area contributed by atoms with Crippen molar-refractivity contribution < 1.29 is 27.5 Å². The number of benzene rings is 2. The summed E-state index contributed by atoms with van der Waals surface area (Å²) in [6, 6.07) is 8.99. The first-order chi connectivity index (χ1) is 13.4. The number of rotatable bonds is 5. The van der Waals surface area contributed by atoms with E-state index in [2.05, 4.69) is 9.46 Å². The number of nitrogens with one attached hydrogen (secondary N) is 1. The van der Waals surface area contributed by atoms with Crippen LogP contribution in [0.4, 0.5) is 5.69 Å². The molecule has 8 heteroatoms. The van der Waals surface area contributed by atoms with E-state index in [9.17, 15) is 18.0 Å². The molecule has 28 heavy (non-hydrogen) atoms. The molecule has 0 fully saturated rings. The van der Waals surface area contributed by atoms with Gasteiger partial charge in [0.2, 0.25) is 0 Å². The Labute approximate surface area is 163 Å². The second kappa shape index (κ2) is 8.02. The standard InChI is InChI=1S/C20H21NO6S/c1-26-19(22)15-8-10-17(20(23)27-2)18(12-15)21-28(24,25)16-9-7-13-5-3-4-6-14(13)11-16/h7-12,21H,3-6H2,1-2H3. The second-order valence-corrected chi connectivity index (χ2v) is 8.17. The van der Waals surface area contributed by atoms with Gasteiger partial charge in [-0.15, -0.1) is 0 Å². The monoisotopic (exact) mass is 403 g/mol. The third kappa shape index (κ3) is 4.01. The quantitative estimate of drug-likeness (QED) is 0.771. The fourth-order valence-corrected chi connectivity index (χ4v) is 4.36. The number of aryl methyl sites for hydroxylation is 2. The average molecular weight is 403 g/mol. The van der Waals surface area contributed by atoms with Gasteiger partial charge in [-0.3, -0.25) is 4.72 Å². The number of esters is 2. The first-order valence-electron chi connectivity index (χ1n) is 8.81. The number of carbonyl (C=O) groups is 2. The van der Waals surface area contributed by atoms with E-state index in [1.54, 1.807) is 12.1 Å². The number of fused-ring (bicyclic) bond motifs is 1. The van der Waals surface area contributed by atoms with Crippen molar-refractivity contribution in [1.82, 2.24) is 0 Å². The van der Waals surface area contributed by atoms with Crippen molar-refractivity contribution in [2.24, 2.45) is 0 Å². The molecular formula is C20H21NO6S. The molecule has 2 aromatic rings. The molecule has 0 bridgehead atoms. The molecule has 0 saturated carbocycles. The molecule has 148 valence electrons. The Hall–Kier alpha value is -2.87. The zero-order valence-electron chi connectivity index (χ0n) is 15.7. The molecule has 7 nitrogen and oxygen atoms in total. The first kappa shape index (κ1) is 19.9. The maximum Gasteiger partial charge on any atom is 0.339 e. The molecule has 3 rings (SSSR count). The summed E-state index contributed by atoms with van der Waals surface area (Å²) >= 11 is 0. The molecule has 0 aromatic heterocycles. The van der Waals surface area contributed by atoms with Crippen LogP contribution in [0, 0.1) is 0 Å². The fourth-order valence-electron chi connectivity index (χ4n) is 3.24. The van der Waals surface area contributed by atoms with Crippen molar-refractivity contribution in [3.8, 4) is 0 Å². The second-order valence-electron chi connectivity index (χ2n) is 6.49. The Morgan fingerprint density at radius 1 is 0.893 bits per heavy atom. The van der Waals surface area contributed by atoms with Crippen molar-refractivity contribution in [1.29, 1.82) is 0 Å². The predicted molar refractivity (Wildman–Crippen MR) is 103 cm³/mol. The average Bonchev–Trinajstić information content (AvgIpc) is 2.71. The van der Waals surface area contributed by atoms with Gasteiger partial charge in [0.05, 0.1) is 35.9 Å². The third-order valence-electron chi connectivity index (χ3n) is 4.72. The van der Waals surface area contributed by atoms with E-state index in [-0.39, 0.29) is 21.7 Å². The van der Waals surface area contributed by atoms with Gasteiger partial charge in [-0.2, -0.15) is 0 Å². The van der Waals surface area contributed by atoms with E-state index >= 15 is 0 Å². The number of methoxy groups -OCH3 is 2. The summed E-state index contributed by atoms with van der Waals surface area (Å²) in [5.41, 5.74) is 2.24. The highest BCUT2D eigenvalue weighted by Gasteiger charge is 2.22. The lowest BCUT2D eigenvalue weighted by atomic mass is 9.92. The molecule has 1 aliphatic rings. The van der Waals surface area contributed by atoms with Crippen LogP contribution in [0.5, 0.6) is 0 Å². The van der Waals surface area contributed by atoms with Gasteiger partial charge in [0.15, 0.2) is 0 Å². The zero-order valence-corrected chi connectivity index (χ0v) is 16.5. The van der Waals surface area contributed by atoms with Gasteiger partial charge in [0, 0.05) is 0 Å². The first-order valence-corrected chi connectivity index (χ1v) is 10.3. The van der Waals surface area contributed by atoms with E-state index in [0.717, 1.165) is 36.8 Å². The Morgan fingerprint density at radius 3 is 2.25 bits per heavy atom. The topological polar surface area (TPSA) is 98.8 Å². The summed E-state index contributed by atoms with van der Waals surface area (Å²) in [5.74, 6) is -1.37. The van der Waals surface area contributed by atoms with Gasteiger partial charge in [-0.05, 0) is 67.1 Å². The summed E-state index contributed by atoms with van der Waals surface area (Å²) in [6.07, 6.45) is 3.90. The number of ether oxygens (including phenoxy) is 2. The Balaban J connectivity index is 2.00. The minimum atomic E-state index is -3.97. The van der Waals surface area contributed by atoms with Crippen LogP contribution < -0.4 is 4.72 Å². The van der Waals surface area contributed by atoms with Crippen LogP contribution in [0.25, 0.3) is 0 Å². The van der Waals surface area contributed by atoms with Gasteiger partial charge in [0.1, 0.15) is 0 Å². The van der Waals surface area contributed by atoms with Crippen LogP contribution in [-0.4, -0.2) is 34.6 Å².